The molecule has 0 aliphatic carbocycles. The smallest absolute Gasteiger partial charge is 0.0443 e. The van der Waals surface area contributed by atoms with Crippen LogP contribution in [0, 0.1) is 0 Å². The molecule has 96 valence electrons. The van der Waals surface area contributed by atoms with Gasteiger partial charge >= 0.3 is 0 Å². The highest BCUT2D eigenvalue weighted by atomic mass is 35.5. The third kappa shape index (κ3) is 5.50. The van der Waals surface area contributed by atoms with E-state index < -0.39 is 0 Å². The maximum atomic E-state index is 8.73. The third-order valence-electron chi connectivity index (χ3n) is 2.82. The summed E-state index contributed by atoms with van der Waals surface area (Å²) in [6, 6.07) is 7.73. The van der Waals surface area contributed by atoms with E-state index in [2.05, 4.69) is 4.90 Å². The number of aliphatic hydroxyl groups excluding tert-OH is 1. The number of rotatable bonds is 7. The second-order valence-electron chi connectivity index (χ2n) is 4.33. The Balaban J connectivity index is 2.34. The fourth-order valence-electron chi connectivity index (χ4n) is 1.69. The summed E-state index contributed by atoms with van der Waals surface area (Å²) in [5, 5.41) is 9.47. The molecule has 0 radical (unpaired) electrons. The van der Waals surface area contributed by atoms with Crippen molar-refractivity contribution in [3.05, 3.63) is 34.9 Å². The average molecular weight is 257 g/mol. The van der Waals surface area contributed by atoms with E-state index >= 15 is 0 Å². The number of halogens is 1. The van der Waals surface area contributed by atoms with E-state index in [1.54, 1.807) is 0 Å². The van der Waals surface area contributed by atoms with Gasteiger partial charge in [-0.15, -0.1) is 0 Å². The molecule has 0 heterocycles. The normalized spacial score (nSPS) is 13.0. The van der Waals surface area contributed by atoms with E-state index in [0.717, 1.165) is 36.5 Å². The van der Waals surface area contributed by atoms with Crippen molar-refractivity contribution in [1.82, 2.24) is 4.90 Å². The predicted molar refractivity (Wildman–Crippen MR) is 72.2 cm³/mol. The Labute approximate surface area is 108 Å². The van der Waals surface area contributed by atoms with Crippen molar-refractivity contribution in [1.29, 1.82) is 0 Å². The zero-order chi connectivity index (χ0) is 12.7. The standard InChI is InChI=1S/C13H21ClN2O/c1-16(8-2-10-17)9-7-13(15)11-3-5-12(14)6-4-11/h3-6,13,17H,2,7-10,15H2,1H3. The summed E-state index contributed by atoms with van der Waals surface area (Å²) in [5.41, 5.74) is 7.22. The fourth-order valence-corrected chi connectivity index (χ4v) is 1.81. The van der Waals surface area contributed by atoms with Gasteiger partial charge in [0, 0.05) is 24.2 Å². The number of hydrogen-bond donors (Lipinski definition) is 2. The molecule has 1 aromatic rings. The Kier molecular flexibility index (Phi) is 6.52. The van der Waals surface area contributed by atoms with Crippen LogP contribution in [0.2, 0.25) is 5.02 Å². The lowest BCUT2D eigenvalue weighted by molar-refractivity contribution is 0.244. The SMILES string of the molecule is CN(CCCO)CCC(N)c1ccc(Cl)cc1. The maximum Gasteiger partial charge on any atom is 0.0443 e. The molecule has 1 rings (SSSR count). The van der Waals surface area contributed by atoms with Gasteiger partial charge in [-0.3, -0.25) is 0 Å². The van der Waals surface area contributed by atoms with Gasteiger partial charge in [0.05, 0.1) is 0 Å². The lowest BCUT2D eigenvalue weighted by atomic mass is 10.0. The lowest BCUT2D eigenvalue weighted by Crippen LogP contribution is -2.25. The van der Waals surface area contributed by atoms with E-state index in [0.29, 0.717) is 0 Å². The fraction of sp³-hybridized carbons (Fsp3) is 0.538. The van der Waals surface area contributed by atoms with Crippen LogP contribution >= 0.6 is 11.6 Å². The molecule has 0 spiro atoms. The Morgan fingerprint density at radius 3 is 2.53 bits per heavy atom. The molecule has 0 fully saturated rings. The number of aliphatic hydroxyl groups is 1. The van der Waals surface area contributed by atoms with Crippen LogP contribution in [0.3, 0.4) is 0 Å². The van der Waals surface area contributed by atoms with E-state index in [1.165, 1.54) is 0 Å². The van der Waals surface area contributed by atoms with Crippen LogP contribution in [0.15, 0.2) is 24.3 Å². The first kappa shape index (κ1) is 14.5. The molecular weight excluding hydrogens is 236 g/mol. The van der Waals surface area contributed by atoms with Crippen LogP contribution in [0.4, 0.5) is 0 Å². The topological polar surface area (TPSA) is 49.5 Å². The first-order valence-electron chi connectivity index (χ1n) is 5.94. The molecular formula is C13H21ClN2O. The quantitative estimate of drug-likeness (QED) is 0.785. The summed E-state index contributed by atoms with van der Waals surface area (Å²) in [4.78, 5) is 2.19. The molecule has 4 heteroatoms. The molecule has 0 aromatic heterocycles. The summed E-state index contributed by atoms with van der Waals surface area (Å²) in [7, 11) is 2.05. The summed E-state index contributed by atoms with van der Waals surface area (Å²) < 4.78 is 0. The van der Waals surface area contributed by atoms with Gasteiger partial charge in [0.25, 0.3) is 0 Å². The molecule has 0 aliphatic rings. The van der Waals surface area contributed by atoms with Crippen LogP contribution in [0.5, 0.6) is 0 Å². The highest BCUT2D eigenvalue weighted by molar-refractivity contribution is 6.30. The average Bonchev–Trinajstić information content (AvgIpc) is 2.34. The second kappa shape index (κ2) is 7.67. The largest absolute Gasteiger partial charge is 0.396 e. The highest BCUT2D eigenvalue weighted by Crippen LogP contribution is 2.17. The highest BCUT2D eigenvalue weighted by Gasteiger charge is 2.07. The second-order valence-corrected chi connectivity index (χ2v) is 4.76. The van der Waals surface area contributed by atoms with Crippen LogP contribution in [0.1, 0.15) is 24.4 Å². The number of benzene rings is 1. The Morgan fingerprint density at radius 1 is 1.29 bits per heavy atom. The van der Waals surface area contributed by atoms with E-state index in [-0.39, 0.29) is 12.6 Å². The van der Waals surface area contributed by atoms with E-state index in [9.17, 15) is 0 Å². The first-order valence-corrected chi connectivity index (χ1v) is 6.31. The zero-order valence-electron chi connectivity index (χ0n) is 10.3. The lowest BCUT2D eigenvalue weighted by Gasteiger charge is -2.19. The molecule has 1 unspecified atom stereocenters. The van der Waals surface area contributed by atoms with E-state index in [1.807, 2.05) is 31.3 Å². The number of nitrogens with zero attached hydrogens (tertiary/aromatic N) is 1. The van der Waals surface area contributed by atoms with Crippen molar-refractivity contribution in [3.8, 4) is 0 Å². The number of hydrogen-bond acceptors (Lipinski definition) is 3. The molecule has 0 saturated heterocycles. The van der Waals surface area contributed by atoms with Crippen molar-refractivity contribution in [3.63, 3.8) is 0 Å². The van der Waals surface area contributed by atoms with Crippen molar-refractivity contribution >= 4 is 11.6 Å². The Morgan fingerprint density at radius 2 is 1.94 bits per heavy atom. The Hall–Kier alpha value is -0.610. The summed E-state index contributed by atoms with van der Waals surface area (Å²) in [5.74, 6) is 0. The molecule has 0 amide bonds. The van der Waals surface area contributed by atoms with E-state index in [4.69, 9.17) is 22.4 Å². The zero-order valence-corrected chi connectivity index (χ0v) is 11.0. The van der Waals surface area contributed by atoms with Gasteiger partial charge in [0.15, 0.2) is 0 Å². The molecule has 0 saturated carbocycles. The van der Waals surface area contributed by atoms with Crippen LogP contribution in [-0.4, -0.2) is 36.8 Å². The summed E-state index contributed by atoms with van der Waals surface area (Å²) in [6.45, 7) is 2.08. The maximum absolute atomic E-state index is 8.73. The minimum Gasteiger partial charge on any atom is -0.396 e. The van der Waals surface area contributed by atoms with Crippen molar-refractivity contribution in [2.24, 2.45) is 5.73 Å². The molecule has 1 aromatic carbocycles. The van der Waals surface area contributed by atoms with Crippen molar-refractivity contribution in [2.75, 3.05) is 26.7 Å². The van der Waals surface area contributed by atoms with Gasteiger partial charge in [-0.25, -0.2) is 0 Å². The van der Waals surface area contributed by atoms with Crippen LogP contribution < -0.4 is 5.73 Å². The van der Waals surface area contributed by atoms with Gasteiger partial charge < -0.3 is 15.7 Å². The predicted octanol–water partition coefficient (Wildman–Crippen LogP) is 2.04. The third-order valence-corrected chi connectivity index (χ3v) is 3.07. The van der Waals surface area contributed by atoms with Crippen LogP contribution in [0.25, 0.3) is 0 Å². The van der Waals surface area contributed by atoms with Gasteiger partial charge in [0.2, 0.25) is 0 Å². The molecule has 17 heavy (non-hydrogen) atoms. The van der Waals surface area contributed by atoms with Gasteiger partial charge in [0.1, 0.15) is 0 Å². The van der Waals surface area contributed by atoms with Crippen LogP contribution in [-0.2, 0) is 0 Å². The molecule has 3 nitrogen and oxygen atoms in total. The Bertz CT molecular complexity index is 316. The molecule has 0 aliphatic heterocycles. The first-order chi connectivity index (χ1) is 8.13. The van der Waals surface area contributed by atoms with Crippen molar-refractivity contribution < 1.29 is 5.11 Å². The summed E-state index contributed by atoms with van der Waals surface area (Å²) >= 11 is 5.83. The van der Waals surface area contributed by atoms with Gasteiger partial charge in [-0.05, 0) is 44.1 Å². The monoisotopic (exact) mass is 256 g/mol. The number of nitrogens with two attached hydrogens (primary N) is 1. The van der Waals surface area contributed by atoms with Crippen molar-refractivity contribution in [2.45, 2.75) is 18.9 Å². The molecule has 3 N–H and O–H groups in total. The molecule has 1 atom stereocenters. The minimum absolute atomic E-state index is 0.0452. The van der Waals surface area contributed by atoms with Gasteiger partial charge in [-0.1, -0.05) is 23.7 Å². The molecule has 0 bridgehead atoms. The van der Waals surface area contributed by atoms with Gasteiger partial charge in [-0.2, -0.15) is 0 Å². The minimum atomic E-state index is 0.0452. The summed E-state index contributed by atoms with van der Waals surface area (Å²) in [6.07, 6.45) is 1.72.